The van der Waals surface area contributed by atoms with E-state index in [1.165, 1.54) is 31.4 Å². The van der Waals surface area contributed by atoms with Crippen molar-refractivity contribution in [1.82, 2.24) is 0 Å². The van der Waals surface area contributed by atoms with Gasteiger partial charge in [0, 0.05) is 0 Å². The van der Waals surface area contributed by atoms with Gasteiger partial charge >= 0.3 is 5.97 Å². The fraction of sp³-hybridized carbons (Fsp3) is 0.125. The molecule has 1 aromatic rings. The van der Waals surface area contributed by atoms with Gasteiger partial charge in [0.1, 0.15) is 0 Å². The summed E-state index contributed by atoms with van der Waals surface area (Å²) >= 11 is 2.51. The average Bonchev–Trinajstić information content (AvgIpc) is 2.15. The summed E-state index contributed by atoms with van der Waals surface area (Å²) in [7, 11) is -2.23. The van der Waals surface area contributed by atoms with Crippen LogP contribution in [-0.2, 0) is 13.0 Å². The zero-order valence-corrected chi connectivity index (χ0v) is 9.63. The molecule has 0 saturated carbocycles. The van der Waals surface area contributed by atoms with Gasteiger partial charge in [-0.2, -0.15) is 0 Å². The van der Waals surface area contributed by atoms with E-state index in [-0.39, 0.29) is 10.5 Å². The number of halogens is 1. The predicted molar refractivity (Wildman–Crippen MR) is 53.9 cm³/mol. The number of esters is 1. The normalized spacial score (nSPS) is 11.0. The van der Waals surface area contributed by atoms with E-state index < -0.39 is 14.2 Å². The Balaban J connectivity index is 3.21. The molecule has 0 N–H and O–H groups in total. The first kappa shape index (κ1) is 11.2. The van der Waals surface area contributed by atoms with E-state index in [9.17, 15) is 13.2 Å². The fourth-order valence-electron chi connectivity index (χ4n) is 0.893. The minimum atomic E-state index is -3.46. The summed E-state index contributed by atoms with van der Waals surface area (Å²) in [5.74, 6) is -0.567. The number of methoxy groups -OCH3 is 1. The van der Waals surface area contributed by atoms with Crippen LogP contribution < -0.4 is 0 Å². The third-order valence-corrected chi connectivity index (χ3v) is 3.48. The first-order valence-electron chi connectivity index (χ1n) is 3.58. The number of carbonyl (C=O) groups excluding carboxylic acids is 1. The fourth-order valence-corrected chi connectivity index (χ4v) is 2.01. The molecular weight excluding hydrogens is 272 g/mol. The van der Waals surface area contributed by atoms with Crippen LogP contribution in [0.5, 0.6) is 0 Å². The molecule has 0 aliphatic rings. The molecule has 0 radical (unpaired) electrons. The van der Waals surface area contributed by atoms with E-state index in [2.05, 4.69) is 19.5 Å². The van der Waals surface area contributed by atoms with E-state index in [1.807, 2.05) is 0 Å². The Morgan fingerprint density at radius 2 is 2.07 bits per heavy atom. The molecular formula is C8H7BrO4S. The lowest BCUT2D eigenvalue weighted by Gasteiger charge is -2.00. The molecule has 0 spiro atoms. The lowest BCUT2D eigenvalue weighted by Crippen LogP contribution is -2.02. The summed E-state index contributed by atoms with van der Waals surface area (Å²) < 4.78 is 26.6. The topological polar surface area (TPSA) is 60.4 Å². The number of ether oxygens (including phenoxy) is 1. The Morgan fingerprint density at radius 1 is 1.43 bits per heavy atom. The first-order valence-corrected chi connectivity index (χ1v) is 6.91. The zero-order chi connectivity index (χ0) is 10.8. The van der Waals surface area contributed by atoms with Crippen LogP contribution in [0.4, 0.5) is 0 Å². The van der Waals surface area contributed by atoms with Crippen molar-refractivity contribution in [2.75, 3.05) is 7.11 Å². The summed E-state index contributed by atoms with van der Waals surface area (Å²) in [6.07, 6.45) is 0. The Morgan fingerprint density at radius 3 is 2.57 bits per heavy atom. The molecule has 0 aromatic heterocycles. The molecule has 0 amide bonds. The summed E-state index contributed by atoms with van der Waals surface area (Å²) in [5.41, 5.74) is 0.202. The van der Waals surface area contributed by atoms with Gasteiger partial charge in [-0.25, -0.2) is 13.2 Å². The SMILES string of the molecule is COC(=O)c1cccc(S(=O)(=O)Br)c1. The summed E-state index contributed by atoms with van der Waals surface area (Å²) in [4.78, 5) is 11.1. The number of benzene rings is 1. The van der Waals surface area contributed by atoms with E-state index >= 15 is 0 Å². The molecule has 0 atom stereocenters. The van der Waals surface area contributed by atoms with Gasteiger partial charge in [0.05, 0.1) is 32.4 Å². The Kier molecular flexibility index (Phi) is 3.28. The molecule has 6 heteroatoms. The van der Waals surface area contributed by atoms with Crippen molar-refractivity contribution in [2.24, 2.45) is 0 Å². The van der Waals surface area contributed by atoms with Crippen LogP contribution in [0.3, 0.4) is 0 Å². The molecule has 1 rings (SSSR count). The van der Waals surface area contributed by atoms with Crippen LogP contribution in [0.2, 0.25) is 0 Å². The van der Waals surface area contributed by atoms with Crippen LogP contribution in [-0.4, -0.2) is 21.5 Å². The second kappa shape index (κ2) is 4.10. The van der Waals surface area contributed by atoms with Crippen molar-refractivity contribution in [3.63, 3.8) is 0 Å². The van der Waals surface area contributed by atoms with Crippen LogP contribution in [0.1, 0.15) is 10.4 Å². The van der Waals surface area contributed by atoms with E-state index in [0.29, 0.717) is 0 Å². The Hall–Kier alpha value is -0.880. The average molecular weight is 279 g/mol. The van der Waals surface area contributed by atoms with E-state index in [4.69, 9.17) is 0 Å². The van der Waals surface area contributed by atoms with Crippen molar-refractivity contribution >= 4 is 29.1 Å². The smallest absolute Gasteiger partial charge is 0.337 e. The zero-order valence-electron chi connectivity index (χ0n) is 7.23. The number of hydrogen-bond donors (Lipinski definition) is 0. The standard InChI is InChI=1S/C8H7BrO4S/c1-13-8(10)6-3-2-4-7(5-6)14(9,11)12/h2-5H,1H3. The van der Waals surface area contributed by atoms with Crippen LogP contribution in [0.15, 0.2) is 29.2 Å². The third-order valence-electron chi connectivity index (χ3n) is 1.54. The maximum Gasteiger partial charge on any atom is 0.337 e. The number of rotatable bonds is 2. The summed E-state index contributed by atoms with van der Waals surface area (Å²) in [6, 6.07) is 5.58. The molecule has 0 heterocycles. The number of carbonyl (C=O) groups is 1. The molecule has 0 aliphatic heterocycles. The predicted octanol–water partition coefficient (Wildman–Crippen LogP) is 1.56. The molecule has 0 fully saturated rings. The largest absolute Gasteiger partial charge is 0.465 e. The maximum absolute atomic E-state index is 11.1. The van der Waals surface area contributed by atoms with Gasteiger partial charge in [-0.3, -0.25) is 0 Å². The quantitative estimate of drug-likeness (QED) is 0.609. The monoisotopic (exact) mass is 278 g/mol. The minimum Gasteiger partial charge on any atom is -0.465 e. The molecule has 1 aromatic carbocycles. The van der Waals surface area contributed by atoms with Crippen molar-refractivity contribution in [3.8, 4) is 0 Å². The second-order valence-corrected chi connectivity index (χ2v) is 6.36. The second-order valence-electron chi connectivity index (χ2n) is 2.46. The lowest BCUT2D eigenvalue weighted by molar-refractivity contribution is 0.0600. The van der Waals surface area contributed by atoms with Crippen LogP contribution >= 0.6 is 14.8 Å². The molecule has 0 unspecified atom stereocenters. The van der Waals surface area contributed by atoms with Gasteiger partial charge in [-0.1, -0.05) is 6.07 Å². The van der Waals surface area contributed by atoms with Gasteiger partial charge < -0.3 is 4.74 Å². The third kappa shape index (κ3) is 2.55. The molecule has 76 valence electrons. The molecule has 14 heavy (non-hydrogen) atoms. The van der Waals surface area contributed by atoms with Crippen LogP contribution in [0.25, 0.3) is 0 Å². The van der Waals surface area contributed by atoms with Gasteiger partial charge in [-0.05, 0) is 18.2 Å². The highest BCUT2D eigenvalue weighted by molar-refractivity contribution is 9.47. The van der Waals surface area contributed by atoms with Gasteiger partial charge in [-0.15, -0.1) is 0 Å². The van der Waals surface area contributed by atoms with E-state index in [1.54, 1.807) is 0 Å². The highest BCUT2D eigenvalue weighted by Gasteiger charge is 2.12. The van der Waals surface area contributed by atoms with Gasteiger partial charge in [0.25, 0.3) is 0 Å². The Bertz CT molecular complexity index is 452. The van der Waals surface area contributed by atoms with Crippen molar-refractivity contribution < 1.29 is 17.9 Å². The maximum atomic E-state index is 11.1. The summed E-state index contributed by atoms with van der Waals surface area (Å²) in [5, 5.41) is 0. The molecule has 0 aliphatic carbocycles. The van der Waals surface area contributed by atoms with Crippen molar-refractivity contribution in [3.05, 3.63) is 29.8 Å². The molecule has 0 saturated heterocycles. The Labute approximate surface area is 89.0 Å². The minimum absolute atomic E-state index is 0.0281. The van der Waals surface area contributed by atoms with Gasteiger partial charge in [0.2, 0.25) is 8.27 Å². The number of hydrogen-bond acceptors (Lipinski definition) is 4. The summed E-state index contributed by atoms with van der Waals surface area (Å²) in [6.45, 7) is 0. The van der Waals surface area contributed by atoms with Crippen molar-refractivity contribution in [2.45, 2.75) is 4.90 Å². The molecule has 4 nitrogen and oxygen atoms in total. The van der Waals surface area contributed by atoms with Gasteiger partial charge in [0.15, 0.2) is 0 Å². The first-order chi connectivity index (χ1) is 6.45. The highest BCUT2D eigenvalue weighted by atomic mass is 79.9. The van der Waals surface area contributed by atoms with Crippen LogP contribution in [0, 0.1) is 0 Å². The van der Waals surface area contributed by atoms with Crippen molar-refractivity contribution in [1.29, 1.82) is 0 Å². The van der Waals surface area contributed by atoms with E-state index in [0.717, 1.165) is 0 Å². The highest BCUT2D eigenvalue weighted by Crippen LogP contribution is 2.18. The molecule has 0 bridgehead atoms. The lowest BCUT2D eigenvalue weighted by atomic mass is 10.2.